The Hall–Kier alpha value is -0.460. The van der Waals surface area contributed by atoms with Gasteiger partial charge >= 0.3 is 0 Å². The van der Waals surface area contributed by atoms with Crippen LogP contribution in [0.5, 0.6) is 0 Å². The molecule has 0 radical (unpaired) electrons. The molecule has 0 N–H and O–H groups in total. The zero-order valence-electron chi connectivity index (χ0n) is 12.1. The number of hydrogen-bond acceptors (Lipinski definition) is 2. The number of isothiocyanates is 1. The highest BCUT2D eigenvalue weighted by Gasteiger charge is 2.47. The topological polar surface area (TPSA) is 12.4 Å². The Labute approximate surface area is 117 Å². The van der Waals surface area contributed by atoms with Crippen LogP contribution in [-0.2, 0) is 0 Å². The normalized spacial score (nSPS) is 39.8. The number of allylic oxidation sites excluding steroid dienone is 2. The Morgan fingerprint density at radius 1 is 1.44 bits per heavy atom. The summed E-state index contributed by atoms with van der Waals surface area (Å²) in [4.78, 5) is 4.55. The summed E-state index contributed by atoms with van der Waals surface area (Å²) in [6.07, 6.45) is 7.49. The van der Waals surface area contributed by atoms with Crippen molar-refractivity contribution in [1.29, 1.82) is 0 Å². The fourth-order valence-corrected chi connectivity index (χ4v) is 4.32. The Morgan fingerprint density at radius 2 is 2.17 bits per heavy atom. The van der Waals surface area contributed by atoms with Crippen molar-refractivity contribution in [3.8, 4) is 0 Å². The molecule has 0 aromatic rings. The van der Waals surface area contributed by atoms with E-state index in [2.05, 4.69) is 43.9 Å². The van der Waals surface area contributed by atoms with Crippen molar-refractivity contribution in [2.45, 2.75) is 58.9 Å². The summed E-state index contributed by atoms with van der Waals surface area (Å²) in [5, 5.41) is 2.65. The molecule has 0 aromatic carbocycles. The lowest BCUT2D eigenvalue weighted by molar-refractivity contribution is 0.0685. The summed E-state index contributed by atoms with van der Waals surface area (Å²) >= 11 is 4.87. The largest absolute Gasteiger partial charge is 0.226 e. The molecule has 0 saturated heterocycles. The van der Waals surface area contributed by atoms with Crippen molar-refractivity contribution < 1.29 is 0 Å². The molecule has 100 valence electrons. The smallest absolute Gasteiger partial charge is 0.0716 e. The van der Waals surface area contributed by atoms with Crippen molar-refractivity contribution in [1.82, 2.24) is 0 Å². The summed E-state index contributed by atoms with van der Waals surface area (Å²) in [7, 11) is 0. The molecule has 4 atom stereocenters. The van der Waals surface area contributed by atoms with Gasteiger partial charge in [-0.05, 0) is 75.4 Å². The molecule has 0 aromatic heterocycles. The van der Waals surface area contributed by atoms with Crippen molar-refractivity contribution in [2.75, 3.05) is 0 Å². The van der Waals surface area contributed by atoms with E-state index in [0.29, 0.717) is 11.8 Å². The van der Waals surface area contributed by atoms with Gasteiger partial charge in [-0.1, -0.05) is 25.5 Å². The monoisotopic (exact) mass is 263 g/mol. The van der Waals surface area contributed by atoms with Crippen LogP contribution in [0.4, 0.5) is 0 Å². The van der Waals surface area contributed by atoms with Crippen LogP contribution >= 0.6 is 12.2 Å². The average Bonchev–Trinajstić information content (AvgIpc) is 2.28. The minimum Gasteiger partial charge on any atom is -0.226 e. The van der Waals surface area contributed by atoms with Gasteiger partial charge in [-0.25, -0.2) is 4.99 Å². The SMILES string of the molecule is CC1=C[C@H]2[C@@H](C(C)C)CC[C@@](C)(N=C=S)[C@@H]2CC1. The van der Waals surface area contributed by atoms with Gasteiger partial charge in [-0.15, -0.1) is 0 Å². The standard InChI is InChI=1S/C16H25NS/c1-11(2)13-7-8-16(4,17-10-18)15-6-5-12(3)9-14(13)15/h9,11,13-15H,5-8H2,1-4H3/t13-,14+,15-,16-/m1/s1. The van der Waals surface area contributed by atoms with Crippen LogP contribution in [-0.4, -0.2) is 10.7 Å². The van der Waals surface area contributed by atoms with E-state index in [-0.39, 0.29) is 5.54 Å². The van der Waals surface area contributed by atoms with Gasteiger partial charge in [-0.3, -0.25) is 0 Å². The molecule has 2 aliphatic rings. The maximum absolute atomic E-state index is 4.87. The third-order valence-corrected chi connectivity index (χ3v) is 5.32. The molecule has 1 fully saturated rings. The van der Waals surface area contributed by atoms with E-state index in [4.69, 9.17) is 12.2 Å². The van der Waals surface area contributed by atoms with Gasteiger partial charge in [-0.2, -0.15) is 0 Å². The van der Waals surface area contributed by atoms with Gasteiger partial charge in [0.15, 0.2) is 0 Å². The highest BCUT2D eigenvalue weighted by molar-refractivity contribution is 7.78. The van der Waals surface area contributed by atoms with Crippen LogP contribution in [0, 0.1) is 23.7 Å². The second kappa shape index (κ2) is 5.27. The molecule has 1 nitrogen and oxygen atoms in total. The second-order valence-corrected chi connectivity index (χ2v) is 6.92. The Morgan fingerprint density at radius 3 is 2.78 bits per heavy atom. The van der Waals surface area contributed by atoms with Gasteiger partial charge < -0.3 is 0 Å². The van der Waals surface area contributed by atoms with Gasteiger partial charge in [0.05, 0.1) is 10.7 Å². The number of rotatable bonds is 2. The van der Waals surface area contributed by atoms with E-state index in [1.54, 1.807) is 5.57 Å². The number of fused-ring (bicyclic) bond motifs is 1. The first kappa shape index (κ1) is 14.0. The van der Waals surface area contributed by atoms with Crippen molar-refractivity contribution >= 4 is 17.4 Å². The lowest BCUT2D eigenvalue weighted by Crippen LogP contribution is -2.47. The molecular weight excluding hydrogens is 238 g/mol. The zero-order valence-corrected chi connectivity index (χ0v) is 12.9. The molecule has 18 heavy (non-hydrogen) atoms. The molecule has 0 amide bonds. The van der Waals surface area contributed by atoms with Gasteiger partial charge in [0, 0.05) is 0 Å². The van der Waals surface area contributed by atoms with Crippen molar-refractivity contribution in [2.24, 2.45) is 28.7 Å². The lowest BCUT2D eigenvalue weighted by atomic mass is 9.57. The highest BCUT2D eigenvalue weighted by atomic mass is 32.1. The molecule has 0 aliphatic heterocycles. The van der Waals surface area contributed by atoms with Crippen LogP contribution < -0.4 is 0 Å². The van der Waals surface area contributed by atoms with E-state index in [9.17, 15) is 0 Å². The van der Waals surface area contributed by atoms with Gasteiger partial charge in [0.25, 0.3) is 0 Å². The van der Waals surface area contributed by atoms with E-state index in [1.165, 1.54) is 25.7 Å². The third-order valence-electron chi connectivity index (χ3n) is 5.23. The first-order valence-electron chi connectivity index (χ1n) is 7.24. The van der Waals surface area contributed by atoms with E-state index in [1.807, 2.05) is 0 Å². The van der Waals surface area contributed by atoms with Crippen molar-refractivity contribution in [3.05, 3.63) is 11.6 Å². The number of hydrogen-bond donors (Lipinski definition) is 0. The minimum absolute atomic E-state index is 0.0367. The number of aliphatic imine (C=N–C) groups is 1. The maximum Gasteiger partial charge on any atom is 0.0716 e. The van der Waals surface area contributed by atoms with Crippen LogP contribution in [0.3, 0.4) is 0 Å². The second-order valence-electron chi connectivity index (χ2n) is 6.74. The molecule has 0 unspecified atom stereocenters. The molecule has 1 saturated carbocycles. The number of thiocarbonyl (C=S) groups is 1. The van der Waals surface area contributed by atoms with Crippen LogP contribution in [0.25, 0.3) is 0 Å². The van der Waals surface area contributed by atoms with Gasteiger partial charge in [0.1, 0.15) is 0 Å². The fourth-order valence-electron chi connectivity index (χ4n) is 4.11. The summed E-state index contributed by atoms with van der Waals surface area (Å²) in [5.41, 5.74) is 1.60. The molecule has 2 aliphatic carbocycles. The predicted octanol–water partition coefficient (Wildman–Crippen LogP) is 4.89. The summed E-state index contributed by atoms with van der Waals surface area (Å²) in [5.74, 6) is 2.95. The summed E-state index contributed by atoms with van der Waals surface area (Å²) in [6.45, 7) is 9.30. The molecule has 0 bridgehead atoms. The molecule has 0 spiro atoms. The molecular formula is C16H25NS. The average molecular weight is 263 g/mol. The molecule has 2 heteroatoms. The number of nitrogens with zero attached hydrogens (tertiary/aromatic N) is 1. The molecule has 0 heterocycles. The quantitative estimate of drug-likeness (QED) is 0.393. The predicted molar refractivity (Wildman–Crippen MR) is 81.0 cm³/mol. The van der Waals surface area contributed by atoms with E-state index < -0.39 is 0 Å². The zero-order chi connectivity index (χ0) is 13.3. The third kappa shape index (κ3) is 2.46. The first-order chi connectivity index (χ1) is 8.48. The maximum atomic E-state index is 4.87. The molecule has 2 rings (SSSR count). The minimum atomic E-state index is 0.0367. The lowest BCUT2D eigenvalue weighted by Gasteiger charge is -2.49. The summed E-state index contributed by atoms with van der Waals surface area (Å²) in [6, 6.07) is 0. The van der Waals surface area contributed by atoms with Crippen molar-refractivity contribution in [3.63, 3.8) is 0 Å². The van der Waals surface area contributed by atoms with E-state index >= 15 is 0 Å². The highest BCUT2D eigenvalue weighted by Crippen LogP contribution is 2.51. The van der Waals surface area contributed by atoms with Crippen LogP contribution in [0.15, 0.2) is 16.6 Å². The fraction of sp³-hybridized carbons (Fsp3) is 0.812. The Balaban J connectivity index is 2.34. The summed E-state index contributed by atoms with van der Waals surface area (Å²) < 4.78 is 0. The van der Waals surface area contributed by atoms with Crippen LogP contribution in [0.1, 0.15) is 53.4 Å². The first-order valence-corrected chi connectivity index (χ1v) is 7.65. The van der Waals surface area contributed by atoms with Gasteiger partial charge in [0.2, 0.25) is 0 Å². The Kier molecular flexibility index (Phi) is 4.08. The van der Waals surface area contributed by atoms with E-state index in [0.717, 1.165) is 11.8 Å². The Bertz CT molecular complexity index is 392. The van der Waals surface area contributed by atoms with Crippen LogP contribution in [0.2, 0.25) is 0 Å².